The van der Waals surface area contributed by atoms with Crippen molar-refractivity contribution in [2.75, 3.05) is 13.2 Å². The molecule has 1 saturated carbocycles. The van der Waals surface area contributed by atoms with E-state index in [1.165, 1.54) is 30.6 Å². The van der Waals surface area contributed by atoms with E-state index in [0.717, 1.165) is 11.4 Å². The first-order chi connectivity index (χ1) is 8.29. The Morgan fingerprint density at radius 1 is 1.59 bits per heavy atom. The predicted octanol–water partition coefficient (Wildman–Crippen LogP) is 1.62. The molecule has 0 spiro atoms. The molecule has 2 N–H and O–H groups in total. The van der Waals surface area contributed by atoms with Gasteiger partial charge in [0.15, 0.2) is 0 Å². The minimum Gasteiger partial charge on any atom is -0.384 e. The molecule has 0 unspecified atom stereocenters. The second-order valence-corrected chi connectivity index (χ2v) is 5.08. The number of amides is 1. The normalized spacial score (nSPS) is 14.6. The van der Waals surface area contributed by atoms with Crippen LogP contribution in [-0.4, -0.2) is 24.2 Å². The average Bonchev–Trinajstić information content (AvgIpc) is 2.72. The summed E-state index contributed by atoms with van der Waals surface area (Å²) in [7, 11) is 0. The van der Waals surface area contributed by atoms with Crippen molar-refractivity contribution >= 4 is 17.2 Å². The highest BCUT2D eigenvalue weighted by Gasteiger charge is 2.18. The molecule has 1 aromatic heterocycles. The molecule has 1 aliphatic rings. The molecule has 0 bridgehead atoms. The van der Waals surface area contributed by atoms with Gasteiger partial charge in [0.2, 0.25) is 0 Å². The summed E-state index contributed by atoms with van der Waals surface area (Å²) in [5.74, 6) is 6.01. The van der Waals surface area contributed by atoms with Gasteiger partial charge in [0.25, 0.3) is 5.91 Å². The molecule has 4 heteroatoms. The maximum atomic E-state index is 11.8. The van der Waals surface area contributed by atoms with E-state index in [1.54, 1.807) is 11.4 Å². The summed E-state index contributed by atoms with van der Waals surface area (Å²) in [4.78, 5) is 12.6. The van der Waals surface area contributed by atoms with E-state index in [9.17, 15) is 4.79 Å². The van der Waals surface area contributed by atoms with Crippen molar-refractivity contribution in [1.82, 2.24) is 5.32 Å². The van der Waals surface area contributed by atoms with E-state index in [1.807, 2.05) is 0 Å². The third-order valence-electron chi connectivity index (χ3n) is 2.93. The molecule has 17 heavy (non-hydrogen) atoms. The zero-order valence-corrected chi connectivity index (χ0v) is 10.3. The van der Waals surface area contributed by atoms with Gasteiger partial charge in [-0.2, -0.15) is 0 Å². The van der Waals surface area contributed by atoms with E-state index >= 15 is 0 Å². The zero-order valence-electron chi connectivity index (χ0n) is 9.53. The van der Waals surface area contributed by atoms with Crippen LogP contribution in [-0.2, 0) is 0 Å². The summed E-state index contributed by atoms with van der Waals surface area (Å²) in [5.41, 5.74) is 0.663. The van der Waals surface area contributed by atoms with Crippen LogP contribution in [0.4, 0.5) is 0 Å². The molecule has 90 valence electrons. The number of aliphatic hydroxyl groups is 1. The summed E-state index contributed by atoms with van der Waals surface area (Å²) in [5, 5.41) is 13.3. The van der Waals surface area contributed by atoms with Crippen molar-refractivity contribution in [3.63, 3.8) is 0 Å². The van der Waals surface area contributed by atoms with Crippen LogP contribution in [0.15, 0.2) is 11.4 Å². The van der Waals surface area contributed by atoms with Crippen LogP contribution in [0.5, 0.6) is 0 Å². The van der Waals surface area contributed by atoms with E-state index in [2.05, 4.69) is 17.2 Å². The summed E-state index contributed by atoms with van der Waals surface area (Å²) in [6.07, 6.45) is 3.76. The predicted molar refractivity (Wildman–Crippen MR) is 68.0 cm³/mol. The van der Waals surface area contributed by atoms with Crippen LogP contribution in [0.25, 0.3) is 0 Å². The van der Waals surface area contributed by atoms with Crippen LogP contribution < -0.4 is 5.32 Å². The second-order valence-electron chi connectivity index (χ2n) is 4.17. The van der Waals surface area contributed by atoms with Gasteiger partial charge in [-0.15, -0.1) is 11.3 Å². The Bertz CT molecular complexity index is 451. The molecule has 1 aliphatic carbocycles. The van der Waals surface area contributed by atoms with Crippen LogP contribution in [0.3, 0.4) is 0 Å². The van der Waals surface area contributed by atoms with E-state index < -0.39 is 0 Å². The maximum Gasteiger partial charge on any atom is 0.252 e. The van der Waals surface area contributed by atoms with E-state index in [0.29, 0.717) is 11.5 Å². The quantitative estimate of drug-likeness (QED) is 0.800. The molecule has 1 aromatic rings. The summed E-state index contributed by atoms with van der Waals surface area (Å²) in [6, 6.07) is 1.77. The average molecular weight is 249 g/mol. The van der Waals surface area contributed by atoms with Gasteiger partial charge in [-0.1, -0.05) is 18.3 Å². The number of rotatable bonds is 3. The number of hydrogen-bond acceptors (Lipinski definition) is 3. The lowest BCUT2D eigenvalue weighted by molar-refractivity contribution is 0.0939. The van der Waals surface area contributed by atoms with Gasteiger partial charge >= 0.3 is 0 Å². The number of thiophene rings is 1. The van der Waals surface area contributed by atoms with Crippen molar-refractivity contribution in [1.29, 1.82) is 0 Å². The van der Waals surface area contributed by atoms with Crippen LogP contribution >= 0.6 is 11.3 Å². The maximum absolute atomic E-state index is 11.8. The fourth-order valence-corrected chi connectivity index (χ4v) is 2.44. The molecule has 0 aliphatic heterocycles. The van der Waals surface area contributed by atoms with E-state index in [-0.39, 0.29) is 12.5 Å². The third-order valence-corrected chi connectivity index (χ3v) is 3.77. The van der Waals surface area contributed by atoms with Gasteiger partial charge in [-0.05, 0) is 24.8 Å². The largest absolute Gasteiger partial charge is 0.384 e. The van der Waals surface area contributed by atoms with Gasteiger partial charge < -0.3 is 10.4 Å². The molecule has 0 radical (unpaired) electrons. The first-order valence-corrected chi connectivity index (χ1v) is 6.64. The fraction of sp³-hybridized carbons (Fsp3) is 0.462. The molecule has 0 aromatic carbocycles. The SMILES string of the molecule is O=C(NCC1CCC1)c1csc(C#CCO)c1. The Hall–Kier alpha value is -1.31. The summed E-state index contributed by atoms with van der Waals surface area (Å²) >= 11 is 1.43. The lowest BCUT2D eigenvalue weighted by Crippen LogP contribution is -2.31. The number of carbonyl (C=O) groups is 1. The van der Waals surface area contributed by atoms with Crippen molar-refractivity contribution in [2.24, 2.45) is 5.92 Å². The van der Waals surface area contributed by atoms with Gasteiger partial charge in [-0.25, -0.2) is 0 Å². The topological polar surface area (TPSA) is 49.3 Å². The lowest BCUT2D eigenvalue weighted by atomic mass is 9.85. The number of aliphatic hydroxyl groups excluding tert-OH is 1. The third kappa shape index (κ3) is 3.32. The molecule has 1 amide bonds. The van der Waals surface area contributed by atoms with Gasteiger partial charge in [0.1, 0.15) is 6.61 Å². The zero-order chi connectivity index (χ0) is 12.1. The number of carbonyl (C=O) groups excluding carboxylic acids is 1. The Labute approximate surface area is 105 Å². The van der Waals surface area contributed by atoms with Crippen molar-refractivity contribution in [3.05, 3.63) is 21.9 Å². The first kappa shape index (κ1) is 12.2. The summed E-state index contributed by atoms with van der Waals surface area (Å²) < 4.78 is 0. The van der Waals surface area contributed by atoms with Gasteiger partial charge in [-0.3, -0.25) is 4.79 Å². The molecular formula is C13H15NO2S. The van der Waals surface area contributed by atoms with Crippen molar-refractivity contribution in [2.45, 2.75) is 19.3 Å². The smallest absolute Gasteiger partial charge is 0.252 e. The van der Waals surface area contributed by atoms with Crippen LogP contribution in [0, 0.1) is 17.8 Å². The monoisotopic (exact) mass is 249 g/mol. The van der Waals surface area contributed by atoms with Gasteiger partial charge in [0.05, 0.1) is 10.4 Å². The van der Waals surface area contributed by atoms with Crippen molar-refractivity contribution in [3.8, 4) is 11.8 Å². The Balaban J connectivity index is 1.87. The van der Waals surface area contributed by atoms with Gasteiger partial charge in [0, 0.05) is 11.9 Å². The molecular weight excluding hydrogens is 234 g/mol. The standard InChI is InChI=1S/C13H15NO2S/c15-6-2-5-12-7-11(9-17-12)13(16)14-8-10-3-1-4-10/h7,9-10,15H,1,3-4,6,8H2,(H,14,16). The van der Waals surface area contributed by atoms with Crippen LogP contribution in [0.2, 0.25) is 0 Å². The lowest BCUT2D eigenvalue weighted by Gasteiger charge is -2.25. The van der Waals surface area contributed by atoms with E-state index in [4.69, 9.17) is 5.11 Å². The Morgan fingerprint density at radius 2 is 2.41 bits per heavy atom. The number of hydrogen-bond donors (Lipinski definition) is 2. The molecule has 1 fully saturated rings. The highest BCUT2D eigenvalue weighted by atomic mass is 32.1. The molecule has 2 rings (SSSR count). The molecule has 1 heterocycles. The Morgan fingerprint density at radius 3 is 3.06 bits per heavy atom. The highest BCUT2D eigenvalue weighted by molar-refractivity contribution is 7.10. The van der Waals surface area contributed by atoms with Crippen LogP contribution in [0.1, 0.15) is 34.5 Å². The fourth-order valence-electron chi connectivity index (χ4n) is 1.68. The minimum atomic E-state index is -0.152. The highest BCUT2D eigenvalue weighted by Crippen LogP contribution is 2.25. The number of nitrogens with one attached hydrogen (secondary N) is 1. The van der Waals surface area contributed by atoms with Crippen molar-refractivity contribution < 1.29 is 9.90 Å². The first-order valence-electron chi connectivity index (χ1n) is 5.76. The Kier molecular flexibility index (Phi) is 4.18. The minimum absolute atomic E-state index is 0.0230. The molecule has 0 saturated heterocycles. The summed E-state index contributed by atoms with van der Waals surface area (Å²) in [6.45, 7) is 0.632. The second kappa shape index (κ2) is 5.85. The molecule has 0 atom stereocenters. The molecule has 3 nitrogen and oxygen atoms in total.